The van der Waals surface area contributed by atoms with E-state index in [1.807, 2.05) is 6.92 Å². The zero-order valence-electron chi connectivity index (χ0n) is 10.7. The van der Waals surface area contributed by atoms with Gasteiger partial charge in [-0.3, -0.25) is 14.9 Å². The van der Waals surface area contributed by atoms with Crippen LogP contribution in [0.4, 0.5) is 11.4 Å². The average molecular weight is 283 g/mol. The zero-order chi connectivity index (χ0) is 14.3. The van der Waals surface area contributed by atoms with Crippen LogP contribution in [0.25, 0.3) is 0 Å². The van der Waals surface area contributed by atoms with Crippen molar-refractivity contribution in [1.29, 1.82) is 0 Å². The van der Waals surface area contributed by atoms with Crippen LogP contribution < -0.4 is 11.1 Å². The molecule has 0 heterocycles. The summed E-state index contributed by atoms with van der Waals surface area (Å²) in [5.41, 5.74) is 6.17. The number of nitro groups is 1. The lowest BCUT2D eigenvalue weighted by molar-refractivity contribution is -0.384. The molecule has 104 valence electrons. The van der Waals surface area contributed by atoms with Crippen molar-refractivity contribution in [2.24, 2.45) is 5.73 Å². The summed E-state index contributed by atoms with van der Waals surface area (Å²) in [7, 11) is 0. The number of non-ortho nitro benzene ring substituents is 1. The van der Waals surface area contributed by atoms with Crippen LogP contribution in [0.5, 0.6) is 0 Å². The van der Waals surface area contributed by atoms with E-state index in [-0.39, 0.29) is 17.6 Å². The van der Waals surface area contributed by atoms with Gasteiger partial charge in [-0.05, 0) is 31.2 Å². The van der Waals surface area contributed by atoms with Gasteiger partial charge in [-0.15, -0.1) is 0 Å². The Morgan fingerprint density at radius 3 is 2.63 bits per heavy atom. The molecule has 1 rings (SSSR count). The van der Waals surface area contributed by atoms with E-state index in [0.717, 1.165) is 12.2 Å². The first-order chi connectivity index (χ1) is 8.99. The van der Waals surface area contributed by atoms with Gasteiger partial charge in [0.25, 0.3) is 5.69 Å². The second-order valence-electron chi connectivity index (χ2n) is 4.17. The number of anilines is 1. The largest absolute Gasteiger partial charge is 0.328 e. The molecule has 0 aliphatic rings. The number of thioether (sulfide) groups is 1. The molecule has 1 amide bonds. The summed E-state index contributed by atoms with van der Waals surface area (Å²) in [6, 6.07) is 5.90. The van der Waals surface area contributed by atoms with E-state index >= 15 is 0 Å². The standard InChI is InChI=1S/C12H17N3O3S/c1-9(13)6-7-19-8-12(16)14-10-2-4-11(5-3-10)15(17)18/h2-5,9H,6-8,13H2,1H3,(H,14,16). The summed E-state index contributed by atoms with van der Waals surface area (Å²) < 4.78 is 0. The normalized spacial score (nSPS) is 11.9. The Balaban J connectivity index is 2.34. The monoisotopic (exact) mass is 283 g/mol. The van der Waals surface area contributed by atoms with E-state index in [1.165, 1.54) is 36.0 Å². The fourth-order valence-corrected chi connectivity index (χ4v) is 2.24. The van der Waals surface area contributed by atoms with E-state index in [2.05, 4.69) is 5.32 Å². The molecule has 0 radical (unpaired) electrons. The lowest BCUT2D eigenvalue weighted by Gasteiger charge is -2.06. The van der Waals surface area contributed by atoms with Crippen molar-refractivity contribution in [3.63, 3.8) is 0 Å². The van der Waals surface area contributed by atoms with Crippen molar-refractivity contribution in [2.45, 2.75) is 19.4 Å². The molecule has 0 aliphatic heterocycles. The first-order valence-electron chi connectivity index (χ1n) is 5.86. The van der Waals surface area contributed by atoms with Crippen molar-refractivity contribution in [3.05, 3.63) is 34.4 Å². The SMILES string of the molecule is CC(N)CCSCC(=O)Nc1ccc([N+](=O)[O-])cc1. The highest BCUT2D eigenvalue weighted by Gasteiger charge is 2.06. The van der Waals surface area contributed by atoms with E-state index in [9.17, 15) is 14.9 Å². The van der Waals surface area contributed by atoms with E-state index in [4.69, 9.17) is 5.73 Å². The molecule has 3 N–H and O–H groups in total. The maximum Gasteiger partial charge on any atom is 0.269 e. The number of nitrogens with two attached hydrogens (primary N) is 1. The number of carbonyl (C=O) groups excluding carboxylic acids is 1. The molecule has 1 unspecified atom stereocenters. The molecule has 0 aromatic heterocycles. The Labute approximate surface area is 115 Å². The molecule has 0 bridgehead atoms. The van der Waals surface area contributed by atoms with Gasteiger partial charge in [-0.25, -0.2) is 0 Å². The van der Waals surface area contributed by atoms with Crippen LogP contribution >= 0.6 is 11.8 Å². The van der Waals surface area contributed by atoms with E-state index in [0.29, 0.717) is 11.4 Å². The molecule has 0 saturated carbocycles. The van der Waals surface area contributed by atoms with Crippen LogP contribution in [-0.4, -0.2) is 28.4 Å². The molecule has 19 heavy (non-hydrogen) atoms. The third-order valence-electron chi connectivity index (χ3n) is 2.31. The number of hydrogen-bond acceptors (Lipinski definition) is 5. The lowest BCUT2D eigenvalue weighted by atomic mass is 10.3. The van der Waals surface area contributed by atoms with Gasteiger partial charge in [0.05, 0.1) is 10.7 Å². The Hall–Kier alpha value is -1.60. The second kappa shape index (κ2) is 7.75. The molecule has 1 aromatic rings. The van der Waals surface area contributed by atoms with Crippen molar-refractivity contribution >= 4 is 29.0 Å². The summed E-state index contributed by atoms with van der Waals surface area (Å²) in [4.78, 5) is 21.6. The minimum atomic E-state index is -0.477. The summed E-state index contributed by atoms with van der Waals surface area (Å²) in [6.45, 7) is 1.93. The van der Waals surface area contributed by atoms with Gasteiger partial charge < -0.3 is 11.1 Å². The van der Waals surface area contributed by atoms with Crippen molar-refractivity contribution in [2.75, 3.05) is 16.8 Å². The summed E-state index contributed by atoms with van der Waals surface area (Å²) in [5, 5.41) is 13.2. The van der Waals surface area contributed by atoms with Crippen LogP contribution in [0, 0.1) is 10.1 Å². The predicted molar refractivity (Wildman–Crippen MR) is 77.3 cm³/mol. The molecule has 6 nitrogen and oxygen atoms in total. The molecule has 1 aromatic carbocycles. The van der Waals surface area contributed by atoms with Crippen LogP contribution in [-0.2, 0) is 4.79 Å². The number of hydrogen-bond donors (Lipinski definition) is 2. The van der Waals surface area contributed by atoms with Gasteiger partial charge in [0.2, 0.25) is 5.91 Å². The van der Waals surface area contributed by atoms with Gasteiger partial charge in [0.1, 0.15) is 0 Å². The van der Waals surface area contributed by atoms with Gasteiger partial charge >= 0.3 is 0 Å². The maximum atomic E-state index is 11.6. The Bertz CT molecular complexity index is 434. The van der Waals surface area contributed by atoms with Gasteiger partial charge in [0, 0.05) is 23.9 Å². The summed E-state index contributed by atoms with van der Waals surface area (Å²) in [5.74, 6) is 1.07. The van der Waals surface area contributed by atoms with Crippen LogP contribution in [0.1, 0.15) is 13.3 Å². The number of nitrogens with one attached hydrogen (secondary N) is 1. The zero-order valence-corrected chi connectivity index (χ0v) is 11.5. The first kappa shape index (κ1) is 15.5. The van der Waals surface area contributed by atoms with Gasteiger partial charge in [-0.1, -0.05) is 0 Å². The summed E-state index contributed by atoms with van der Waals surface area (Å²) in [6.07, 6.45) is 0.871. The third-order valence-corrected chi connectivity index (χ3v) is 3.30. The highest BCUT2D eigenvalue weighted by atomic mass is 32.2. The molecular formula is C12H17N3O3S. The van der Waals surface area contributed by atoms with E-state index in [1.54, 1.807) is 0 Å². The molecule has 0 aliphatic carbocycles. The van der Waals surface area contributed by atoms with Crippen LogP contribution in [0.3, 0.4) is 0 Å². The van der Waals surface area contributed by atoms with E-state index < -0.39 is 4.92 Å². The van der Waals surface area contributed by atoms with Gasteiger partial charge in [-0.2, -0.15) is 11.8 Å². The number of benzene rings is 1. The fraction of sp³-hybridized carbons (Fsp3) is 0.417. The topological polar surface area (TPSA) is 98.3 Å². The lowest BCUT2D eigenvalue weighted by Crippen LogP contribution is -2.17. The highest BCUT2D eigenvalue weighted by Crippen LogP contribution is 2.15. The highest BCUT2D eigenvalue weighted by molar-refractivity contribution is 7.99. The molecular weight excluding hydrogens is 266 g/mol. The minimum absolute atomic E-state index is 0.00399. The molecule has 0 spiro atoms. The van der Waals surface area contributed by atoms with Crippen molar-refractivity contribution < 1.29 is 9.72 Å². The summed E-state index contributed by atoms with van der Waals surface area (Å²) >= 11 is 1.52. The number of rotatable bonds is 7. The quantitative estimate of drug-likeness (QED) is 0.453. The number of nitro benzene ring substituents is 1. The maximum absolute atomic E-state index is 11.6. The smallest absolute Gasteiger partial charge is 0.269 e. The fourth-order valence-electron chi connectivity index (χ4n) is 1.30. The molecule has 0 fully saturated rings. The average Bonchev–Trinajstić information content (AvgIpc) is 2.35. The number of amides is 1. The minimum Gasteiger partial charge on any atom is -0.328 e. The number of carbonyl (C=O) groups is 1. The van der Waals surface area contributed by atoms with Crippen LogP contribution in [0.15, 0.2) is 24.3 Å². The molecule has 0 saturated heterocycles. The Morgan fingerprint density at radius 2 is 2.11 bits per heavy atom. The predicted octanol–water partition coefficient (Wildman–Crippen LogP) is 2.00. The Morgan fingerprint density at radius 1 is 1.47 bits per heavy atom. The molecule has 1 atom stereocenters. The third kappa shape index (κ3) is 6.21. The number of nitrogens with zero attached hydrogens (tertiary/aromatic N) is 1. The van der Waals surface area contributed by atoms with Crippen LogP contribution in [0.2, 0.25) is 0 Å². The second-order valence-corrected chi connectivity index (χ2v) is 5.28. The first-order valence-corrected chi connectivity index (χ1v) is 7.02. The van der Waals surface area contributed by atoms with Crippen molar-refractivity contribution in [3.8, 4) is 0 Å². The van der Waals surface area contributed by atoms with Crippen molar-refractivity contribution in [1.82, 2.24) is 0 Å². The van der Waals surface area contributed by atoms with Gasteiger partial charge in [0.15, 0.2) is 0 Å². The molecule has 7 heteroatoms. The Kier molecular flexibility index (Phi) is 6.31.